The minimum absolute atomic E-state index is 0.160. The van der Waals surface area contributed by atoms with Crippen molar-refractivity contribution < 1.29 is 14.4 Å². The summed E-state index contributed by atoms with van der Waals surface area (Å²) >= 11 is 0. The van der Waals surface area contributed by atoms with Gasteiger partial charge in [-0.15, -0.1) is 0 Å². The van der Waals surface area contributed by atoms with Crippen molar-refractivity contribution in [3.05, 3.63) is 101 Å². The predicted octanol–water partition coefficient (Wildman–Crippen LogP) is 4.72. The standard InChI is InChI=1S/C36H43N5O3/c1-4-28-16-15-27(21-29(28)5-2)24-41(26(3)42)36(44)34(22-30-23-37-33-14-10-9-13-32(30)33)38-35(43)25-39-17-19-40(20-18-39)31-11-7-6-8-12-31/h6-16,21,23,34,37H,4-5,17-20,22,24-25H2,1-3H3,(H,38,43). The van der Waals surface area contributed by atoms with Crippen molar-refractivity contribution in [2.45, 2.75) is 52.6 Å². The van der Waals surface area contributed by atoms with Gasteiger partial charge in [0.1, 0.15) is 6.04 Å². The van der Waals surface area contributed by atoms with Crippen LogP contribution in [0.2, 0.25) is 0 Å². The second-order valence-electron chi connectivity index (χ2n) is 11.5. The van der Waals surface area contributed by atoms with E-state index in [1.807, 2.05) is 54.7 Å². The fourth-order valence-electron chi connectivity index (χ4n) is 6.13. The van der Waals surface area contributed by atoms with E-state index < -0.39 is 11.9 Å². The summed E-state index contributed by atoms with van der Waals surface area (Å²) < 4.78 is 0. The summed E-state index contributed by atoms with van der Waals surface area (Å²) in [5.41, 5.74) is 6.45. The van der Waals surface area contributed by atoms with E-state index in [9.17, 15) is 14.4 Å². The number of nitrogens with zero attached hydrogens (tertiary/aromatic N) is 3. The molecule has 0 aliphatic carbocycles. The van der Waals surface area contributed by atoms with Crippen molar-refractivity contribution >= 4 is 34.3 Å². The number of benzene rings is 3. The molecule has 1 aromatic heterocycles. The summed E-state index contributed by atoms with van der Waals surface area (Å²) in [6.07, 6.45) is 3.97. The fourth-order valence-corrected chi connectivity index (χ4v) is 6.13. The van der Waals surface area contributed by atoms with Gasteiger partial charge < -0.3 is 15.2 Å². The molecule has 5 rings (SSSR count). The maximum absolute atomic E-state index is 14.1. The Balaban J connectivity index is 1.32. The number of aromatic nitrogens is 1. The summed E-state index contributed by atoms with van der Waals surface area (Å²) in [4.78, 5) is 49.5. The quantitative estimate of drug-likeness (QED) is 0.263. The average molecular weight is 594 g/mol. The Bertz CT molecular complexity index is 1590. The molecular weight excluding hydrogens is 550 g/mol. The smallest absolute Gasteiger partial charge is 0.252 e. The Labute approximate surface area is 260 Å². The second kappa shape index (κ2) is 14.4. The summed E-state index contributed by atoms with van der Waals surface area (Å²) in [5.74, 6) is -0.967. The lowest BCUT2D eigenvalue weighted by Gasteiger charge is -2.36. The largest absolute Gasteiger partial charge is 0.369 e. The highest BCUT2D eigenvalue weighted by Gasteiger charge is 2.30. The van der Waals surface area contributed by atoms with Crippen molar-refractivity contribution in [1.82, 2.24) is 20.1 Å². The average Bonchev–Trinajstić information content (AvgIpc) is 3.46. The molecule has 0 bridgehead atoms. The third kappa shape index (κ3) is 7.37. The van der Waals surface area contributed by atoms with Crippen LogP contribution >= 0.6 is 0 Å². The van der Waals surface area contributed by atoms with E-state index in [0.29, 0.717) is 0 Å². The molecule has 8 nitrogen and oxygen atoms in total. The van der Waals surface area contributed by atoms with E-state index in [1.54, 1.807) is 0 Å². The van der Waals surface area contributed by atoms with Gasteiger partial charge in [-0.25, -0.2) is 0 Å². The summed E-state index contributed by atoms with van der Waals surface area (Å²) in [6.45, 7) is 9.14. The van der Waals surface area contributed by atoms with Gasteiger partial charge in [0.05, 0.1) is 13.1 Å². The van der Waals surface area contributed by atoms with Gasteiger partial charge in [-0.1, -0.05) is 68.4 Å². The molecule has 0 spiro atoms. The van der Waals surface area contributed by atoms with E-state index in [4.69, 9.17) is 0 Å². The Morgan fingerprint density at radius 2 is 1.57 bits per heavy atom. The van der Waals surface area contributed by atoms with Gasteiger partial charge in [0.15, 0.2) is 0 Å². The van der Waals surface area contributed by atoms with Gasteiger partial charge in [0, 0.05) is 62.3 Å². The van der Waals surface area contributed by atoms with Gasteiger partial charge in [0.2, 0.25) is 11.8 Å². The molecule has 4 aromatic rings. The van der Waals surface area contributed by atoms with Crippen LogP contribution in [0.1, 0.15) is 43.0 Å². The number of aromatic amines is 1. The second-order valence-corrected chi connectivity index (χ2v) is 11.5. The van der Waals surface area contributed by atoms with Crippen molar-refractivity contribution in [2.75, 3.05) is 37.6 Å². The van der Waals surface area contributed by atoms with Crippen molar-refractivity contribution in [3.63, 3.8) is 0 Å². The first-order chi connectivity index (χ1) is 21.4. The summed E-state index contributed by atoms with van der Waals surface area (Å²) in [5, 5.41) is 4.01. The van der Waals surface area contributed by atoms with Gasteiger partial charge in [-0.3, -0.25) is 24.2 Å². The third-order valence-electron chi connectivity index (χ3n) is 8.61. The predicted molar refractivity (Wildman–Crippen MR) is 175 cm³/mol. The molecule has 2 heterocycles. The molecule has 2 N–H and O–H groups in total. The Kier molecular flexibility index (Phi) is 10.1. The lowest BCUT2D eigenvalue weighted by atomic mass is 9.99. The van der Waals surface area contributed by atoms with E-state index >= 15 is 0 Å². The van der Waals surface area contributed by atoms with Gasteiger partial charge >= 0.3 is 0 Å². The first kappa shape index (κ1) is 31.0. The zero-order valence-electron chi connectivity index (χ0n) is 26.0. The molecule has 1 unspecified atom stereocenters. The molecule has 1 fully saturated rings. The normalized spacial score (nSPS) is 14.4. The molecule has 230 valence electrons. The third-order valence-corrected chi connectivity index (χ3v) is 8.61. The topological polar surface area (TPSA) is 88.8 Å². The SMILES string of the molecule is CCc1ccc(CN(C(C)=O)C(=O)C(Cc2c[nH]c3ccccc23)NC(=O)CN2CCN(c3ccccc3)CC2)cc1CC. The van der Waals surface area contributed by atoms with E-state index in [0.717, 1.165) is 61.1 Å². The van der Waals surface area contributed by atoms with E-state index in [1.165, 1.54) is 28.6 Å². The number of imide groups is 1. The van der Waals surface area contributed by atoms with Crippen LogP contribution in [0.5, 0.6) is 0 Å². The molecule has 8 heteroatoms. The zero-order valence-corrected chi connectivity index (χ0v) is 26.0. The number of rotatable bonds is 11. The minimum Gasteiger partial charge on any atom is -0.369 e. The minimum atomic E-state index is -0.892. The number of carbonyl (C=O) groups excluding carboxylic acids is 3. The molecule has 1 saturated heterocycles. The number of carbonyl (C=O) groups is 3. The van der Waals surface area contributed by atoms with Gasteiger partial charge in [0.25, 0.3) is 5.91 Å². The van der Waals surface area contributed by atoms with E-state index in [-0.39, 0.29) is 31.3 Å². The van der Waals surface area contributed by atoms with Crippen LogP contribution in [0.4, 0.5) is 5.69 Å². The maximum Gasteiger partial charge on any atom is 0.252 e. The number of fused-ring (bicyclic) bond motifs is 1. The van der Waals surface area contributed by atoms with Crippen LogP contribution in [-0.2, 0) is 40.2 Å². The highest BCUT2D eigenvalue weighted by Crippen LogP contribution is 2.21. The van der Waals surface area contributed by atoms with Gasteiger partial charge in [-0.2, -0.15) is 0 Å². The van der Waals surface area contributed by atoms with Crippen LogP contribution in [0.25, 0.3) is 10.9 Å². The maximum atomic E-state index is 14.1. The van der Waals surface area contributed by atoms with Crippen molar-refractivity contribution in [2.24, 2.45) is 0 Å². The number of aryl methyl sites for hydroxylation is 2. The summed E-state index contributed by atoms with van der Waals surface area (Å²) in [7, 11) is 0. The van der Waals surface area contributed by atoms with Crippen LogP contribution in [0, 0.1) is 0 Å². The molecule has 1 aliphatic rings. The molecular formula is C36H43N5O3. The number of nitrogens with one attached hydrogen (secondary N) is 2. The number of hydrogen-bond donors (Lipinski definition) is 2. The number of H-pyrrole nitrogens is 1. The lowest BCUT2D eigenvalue weighted by Crippen LogP contribution is -2.54. The van der Waals surface area contributed by atoms with Crippen LogP contribution in [-0.4, -0.2) is 71.3 Å². The number of anilines is 1. The fraction of sp³-hybridized carbons (Fsp3) is 0.361. The van der Waals surface area contributed by atoms with Crippen molar-refractivity contribution in [3.8, 4) is 0 Å². The van der Waals surface area contributed by atoms with Gasteiger partial charge in [-0.05, 0) is 53.3 Å². The number of para-hydroxylation sites is 2. The Morgan fingerprint density at radius 3 is 2.27 bits per heavy atom. The molecule has 0 saturated carbocycles. The number of amides is 3. The summed E-state index contributed by atoms with van der Waals surface area (Å²) in [6, 6.07) is 23.4. The molecule has 44 heavy (non-hydrogen) atoms. The Hall–Kier alpha value is -4.43. The lowest BCUT2D eigenvalue weighted by molar-refractivity contribution is -0.147. The van der Waals surface area contributed by atoms with Crippen LogP contribution in [0.15, 0.2) is 79.0 Å². The van der Waals surface area contributed by atoms with E-state index in [2.05, 4.69) is 58.2 Å². The monoisotopic (exact) mass is 593 g/mol. The first-order valence-corrected chi connectivity index (χ1v) is 15.7. The van der Waals surface area contributed by atoms with Crippen LogP contribution in [0.3, 0.4) is 0 Å². The number of piperazine rings is 1. The molecule has 3 aromatic carbocycles. The first-order valence-electron chi connectivity index (χ1n) is 15.7. The Morgan fingerprint density at radius 1 is 0.864 bits per heavy atom. The highest BCUT2D eigenvalue weighted by molar-refractivity contribution is 5.99. The zero-order chi connectivity index (χ0) is 31.1. The van der Waals surface area contributed by atoms with Crippen molar-refractivity contribution in [1.29, 1.82) is 0 Å². The highest BCUT2D eigenvalue weighted by atomic mass is 16.2. The molecule has 1 aliphatic heterocycles. The van der Waals surface area contributed by atoms with Crippen LogP contribution < -0.4 is 10.2 Å². The number of hydrogen-bond acceptors (Lipinski definition) is 5. The molecule has 3 amide bonds. The molecule has 0 radical (unpaired) electrons. The molecule has 1 atom stereocenters.